The Morgan fingerprint density at radius 3 is 2.91 bits per heavy atom. The molecule has 4 nitrogen and oxygen atoms in total. The Kier molecular flexibility index (Phi) is 5.68. The van der Waals surface area contributed by atoms with E-state index in [4.69, 9.17) is 22.1 Å². The highest BCUT2D eigenvalue weighted by Gasteiger charge is 2.04. The van der Waals surface area contributed by atoms with E-state index in [2.05, 4.69) is 22.7 Å². The molecular weight excluding hydrogens is 325 g/mol. The minimum atomic E-state index is -0.397. The largest absolute Gasteiger partial charge is 0.489 e. The SMILES string of the molecule is NC(=S)NN=Cc1cccc(OCc2ccc(Cl)cc2F)c1. The number of thiocarbonyl (C=S) groups is 1. The summed E-state index contributed by atoms with van der Waals surface area (Å²) in [5.41, 5.74) is 8.94. The number of rotatable bonds is 5. The van der Waals surface area contributed by atoms with Crippen molar-refractivity contribution < 1.29 is 9.13 Å². The zero-order chi connectivity index (χ0) is 15.9. The molecule has 0 bridgehead atoms. The van der Waals surface area contributed by atoms with E-state index in [0.717, 1.165) is 5.56 Å². The van der Waals surface area contributed by atoms with Crippen molar-refractivity contribution in [3.05, 3.63) is 64.4 Å². The van der Waals surface area contributed by atoms with E-state index in [1.807, 2.05) is 6.07 Å². The maximum absolute atomic E-state index is 13.7. The molecule has 2 aromatic rings. The van der Waals surface area contributed by atoms with E-state index < -0.39 is 5.82 Å². The molecule has 0 radical (unpaired) electrons. The average molecular weight is 338 g/mol. The lowest BCUT2D eigenvalue weighted by atomic mass is 10.2. The lowest BCUT2D eigenvalue weighted by molar-refractivity contribution is 0.300. The van der Waals surface area contributed by atoms with Gasteiger partial charge >= 0.3 is 0 Å². The molecule has 0 atom stereocenters. The summed E-state index contributed by atoms with van der Waals surface area (Å²) in [6.07, 6.45) is 1.55. The van der Waals surface area contributed by atoms with E-state index in [-0.39, 0.29) is 11.7 Å². The Balaban J connectivity index is 2.01. The molecule has 0 heterocycles. The Morgan fingerprint density at radius 1 is 1.36 bits per heavy atom. The van der Waals surface area contributed by atoms with E-state index in [0.29, 0.717) is 16.3 Å². The van der Waals surface area contributed by atoms with Gasteiger partial charge in [0.05, 0.1) is 6.21 Å². The molecule has 2 rings (SSSR count). The molecule has 0 aliphatic heterocycles. The van der Waals surface area contributed by atoms with Crippen molar-refractivity contribution >= 4 is 35.1 Å². The third-order valence-electron chi connectivity index (χ3n) is 2.66. The molecule has 0 aliphatic rings. The van der Waals surface area contributed by atoms with E-state index in [9.17, 15) is 4.39 Å². The van der Waals surface area contributed by atoms with E-state index in [1.54, 1.807) is 36.5 Å². The van der Waals surface area contributed by atoms with Crippen molar-refractivity contribution in [1.82, 2.24) is 5.43 Å². The molecule has 114 valence electrons. The summed E-state index contributed by atoms with van der Waals surface area (Å²) in [6.45, 7) is 0.106. The number of nitrogens with zero attached hydrogens (tertiary/aromatic N) is 1. The Morgan fingerprint density at radius 2 is 2.18 bits per heavy atom. The number of hydrogen-bond donors (Lipinski definition) is 2. The van der Waals surface area contributed by atoms with Crippen LogP contribution in [-0.4, -0.2) is 11.3 Å². The van der Waals surface area contributed by atoms with Crippen LogP contribution in [0.1, 0.15) is 11.1 Å². The molecule has 0 aliphatic carbocycles. The maximum atomic E-state index is 13.7. The van der Waals surface area contributed by atoms with Crippen LogP contribution in [0.4, 0.5) is 4.39 Å². The highest BCUT2D eigenvalue weighted by molar-refractivity contribution is 7.80. The van der Waals surface area contributed by atoms with Gasteiger partial charge in [0.2, 0.25) is 0 Å². The fraction of sp³-hybridized carbons (Fsp3) is 0.0667. The van der Waals surface area contributed by atoms with Crippen LogP contribution in [0, 0.1) is 5.82 Å². The third-order valence-corrected chi connectivity index (χ3v) is 2.98. The summed E-state index contributed by atoms with van der Waals surface area (Å²) in [4.78, 5) is 0. The van der Waals surface area contributed by atoms with Gasteiger partial charge in [0.1, 0.15) is 18.2 Å². The zero-order valence-corrected chi connectivity index (χ0v) is 13.0. The van der Waals surface area contributed by atoms with Gasteiger partial charge in [-0.25, -0.2) is 4.39 Å². The zero-order valence-electron chi connectivity index (χ0n) is 11.4. The average Bonchev–Trinajstić information content (AvgIpc) is 2.46. The normalized spacial score (nSPS) is 10.6. The van der Waals surface area contributed by atoms with Gasteiger partial charge in [0.15, 0.2) is 5.11 Å². The van der Waals surface area contributed by atoms with Crippen LogP contribution in [0.15, 0.2) is 47.6 Å². The van der Waals surface area contributed by atoms with Crippen molar-refractivity contribution in [2.75, 3.05) is 0 Å². The van der Waals surface area contributed by atoms with Gasteiger partial charge < -0.3 is 10.5 Å². The molecule has 0 saturated carbocycles. The molecule has 2 aromatic carbocycles. The molecule has 7 heteroatoms. The van der Waals surface area contributed by atoms with Crippen LogP contribution in [-0.2, 0) is 6.61 Å². The van der Waals surface area contributed by atoms with E-state index in [1.165, 1.54) is 6.07 Å². The quantitative estimate of drug-likeness (QED) is 0.499. The molecule has 0 fully saturated rings. The fourth-order valence-electron chi connectivity index (χ4n) is 1.65. The molecule has 0 spiro atoms. The van der Waals surface area contributed by atoms with Crippen LogP contribution < -0.4 is 15.9 Å². The summed E-state index contributed by atoms with van der Waals surface area (Å²) in [6, 6.07) is 11.6. The smallest absolute Gasteiger partial charge is 0.184 e. The first-order valence-electron chi connectivity index (χ1n) is 6.30. The highest BCUT2D eigenvalue weighted by Crippen LogP contribution is 2.18. The monoisotopic (exact) mass is 337 g/mol. The maximum Gasteiger partial charge on any atom is 0.184 e. The molecule has 0 unspecified atom stereocenters. The number of ether oxygens (including phenoxy) is 1. The first-order valence-corrected chi connectivity index (χ1v) is 7.08. The standard InChI is InChI=1S/C15H13ClFN3OS/c16-12-5-4-11(14(17)7-12)9-21-13-3-1-2-10(6-13)8-19-20-15(18)22/h1-8H,9H2,(H3,18,20,22). The number of nitrogens with two attached hydrogens (primary N) is 1. The van der Waals surface area contributed by atoms with Crippen LogP contribution in [0.25, 0.3) is 0 Å². The predicted octanol–water partition coefficient (Wildman–Crippen LogP) is 3.23. The van der Waals surface area contributed by atoms with Crippen molar-refractivity contribution in [2.24, 2.45) is 10.8 Å². The Hall–Kier alpha value is -2.18. The first-order chi connectivity index (χ1) is 10.5. The molecular formula is C15H13ClFN3OS. The summed E-state index contributed by atoms with van der Waals surface area (Å²) in [5, 5.41) is 4.29. The van der Waals surface area contributed by atoms with E-state index >= 15 is 0 Å². The van der Waals surface area contributed by atoms with Crippen molar-refractivity contribution in [3.8, 4) is 5.75 Å². The number of hydrogen-bond acceptors (Lipinski definition) is 3. The molecule has 3 N–H and O–H groups in total. The van der Waals surface area contributed by atoms with Crippen molar-refractivity contribution in [1.29, 1.82) is 0 Å². The second-order valence-electron chi connectivity index (χ2n) is 4.33. The summed E-state index contributed by atoms with van der Waals surface area (Å²) in [5.74, 6) is 0.194. The summed E-state index contributed by atoms with van der Waals surface area (Å²) in [7, 11) is 0. The van der Waals surface area contributed by atoms with Crippen LogP contribution >= 0.6 is 23.8 Å². The summed E-state index contributed by atoms with van der Waals surface area (Å²) < 4.78 is 19.2. The Labute approximate surface area is 137 Å². The van der Waals surface area contributed by atoms with Gasteiger partial charge in [-0.3, -0.25) is 5.43 Å². The number of halogens is 2. The van der Waals surface area contributed by atoms with Gasteiger partial charge in [0.25, 0.3) is 0 Å². The lowest BCUT2D eigenvalue weighted by Crippen LogP contribution is -2.23. The second kappa shape index (κ2) is 7.72. The minimum Gasteiger partial charge on any atom is -0.489 e. The van der Waals surface area contributed by atoms with Crippen molar-refractivity contribution in [2.45, 2.75) is 6.61 Å². The first kappa shape index (κ1) is 16.2. The van der Waals surface area contributed by atoms with Gasteiger partial charge in [-0.2, -0.15) is 5.10 Å². The predicted molar refractivity (Wildman–Crippen MR) is 89.7 cm³/mol. The van der Waals surface area contributed by atoms with Crippen molar-refractivity contribution in [3.63, 3.8) is 0 Å². The summed E-state index contributed by atoms with van der Waals surface area (Å²) >= 11 is 10.3. The number of nitrogens with one attached hydrogen (secondary N) is 1. The minimum absolute atomic E-state index is 0.0851. The Bertz CT molecular complexity index is 709. The lowest BCUT2D eigenvalue weighted by Gasteiger charge is -2.08. The molecule has 0 saturated heterocycles. The molecule has 0 aromatic heterocycles. The van der Waals surface area contributed by atoms with Gasteiger partial charge in [-0.15, -0.1) is 0 Å². The fourth-order valence-corrected chi connectivity index (χ4v) is 1.87. The van der Waals surface area contributed by atoms with Crippen LogP contribution in [0.5, 0.6) is 5.75 Å². The third kappa shape index (κ3) is 4.98. The highest BCUT2D eigenvalue weighted by atomic mass is 35.5. The van der Waals surface area contributed by atoms with Gasteiger partial charge in [-0.1, -0.05) is 29.8 Å². The molecule has 0 amide bonds. The van der Waals surface area contributed by atoms with Gasteiger partial charge in [0, 0.05) is 10.6 Å². The topological polar surface area (TPSA) is 59.6 Å². The molecule has 22 heavy (non-hydrogen) atoms. The van der Waals surface area contributed by atoms with Gasteiger partial charge in [-0.05, 0) is 42.0 Å². The van der Waals surface area contributed by atoms with Crippen LogP contribution in [0.3, 0.4) is 0 Å². The number of hydrazone groups is 1. The second-order valence-corrected chi connectivity index (χ2v) is 5.21. The van der Waals surface area contributed by atoms with Crippen LogP contribution in [0.2, 0.25) is 5.02 Å². The number of benzene rings is 2.